The minimum absolute atomic E-state index is 0.361. The quantitative estimate of drug-likeness (QED) is 0.830. The molecule has 2 heterocycles. The molecule has 0 atom stereocenters. The molecule has 5 nitrogen and oxygen atoms in total. The molecule has 0 radical (unpaired) electrons. The van der Waals surface area contributed by atoms with E-state index >= 15 is 0 Å². The molecule has 92 valence electrons. The molecular formula is C11H16ClN5. The second kappa shape index (κ2) is 5.31. The monoisotopic (exact) mass is 253 g/mol. The minimum atomic E-state index is 0.361. The van der Waals surface area contributed by atoms with Crippen LogP contribution in [0.5, 0.6) is 0 Å². The van der Waals surface area contributed by atoms with Crippen LogP contribution in [-0.2, 0) is 0 Å². The number of imidazole rings is 1. The van der Waals surface area contributed by atoms with Gasteiger partial charge in [0.15, 0.2) is 11.5 Å². The number of H-pyrrole nitrogens is 1. The van der Waals surface area contributed by atoms with Gasteiger partial charge in [0.2, 0.25) is 0 Å². The van der Waals surface area contributed by atoms with Crippen LogP contribution in [0.25, 0.3) is 11.2 Å². The zero-order valence-electron chi connectivity index (χ0n) is 10.0. The first kappa shape index (κ1) is 12.1. The molecule has 0 bridgehead atoms. The van der Waals surface area contributed by atoms with Crippen molar-refractivity contribution in [1.29, 1.82) is 0 Å². The topological polar surface area (TPSA) is 57.7 Å². The third-order valence-electron chi connectivity index (χ3n) is 2.63. The fraction of sp³-hybridized carbons (Fsp3) is 0.545. The van der Waals surface area contributed by atoms with Gasteiger partial charge in [-0.05, 0) is 20.3 Å². The Bertz CT molecular complexity index is 481. The number of alkyl halides is 1. The number of rotatable bonds is 5. The highest BCUT2D eigenvalue weighted by atomic mass is 35.5. The lowest BCUT2D eigenvalue weighted by molar-refractivity contribution is 0.665. The lowest BCUT2D eigenvalue weighted by Gasteiger charge is -2.27. The Hall–Kier alpha value is -1.36. The van der Waals surface area contributed by atoms with Gasteiger partial charge >= 0.3 is 0 Å². The molecule has 2 rings (SSSR count). The summed E-state index contributed by atoms with van der Waals surface area (Å²) in [4.78, 5) is 17.9. The Balaban J connectivity index is 2.37. The van der Waals surface area contributed by atoms with Crippen molar-refractivity contribution in [2.24, 2.45) is 0 Å². The van der Waals surface area contributed by atoms with Crippen LogP contribution in [0, 0.1) is 0 Å². The standard InChI is InChI=1S/C11H16ClN5/c1-8(2)17(5-3-4-12)11-9-10(14-6-13-9)15-7-16-11/h6-8H,3-5H2,1-2H3,(H,13,14,15,16). The van der Waals surface area contributed by atoms with Gasteiger partial charge in [-0.1, -0.05) is 0 Å². The zero-order chi connectivity index (χ0) is 12.3. The normalized spacial score (nSPS) is 11.3. The van der Waals surface area contributed by atoms with E-state index in [4.69, 9.17) is 11.6 Å². The van der Waals surface area contributed by atoms with Crippen molar-refractivity contribution in [1.82, 2.24) is 19.9 Å². The summed E-state index contributed by atoms with van der Waals surface area (Å²) in [5, 5.41) is 0. The lowest BCUT2D eigenvalue weighted by Crippen LogP contribution is -2.33. The molecule has 1 N–H and O–H groups in total. The summed E-state index contributed by atoms with van der Waals surface area (Å²) in [6.45, 7) is 5.16. The van der Waals surface area contributed by atoms with E-state index in [0.29, 0.717) is 17.6 Å². The average molecular weight is 254 g/mol. The van der Waals surface area contributed by atoms with Crippen molar-refractivity contribution in [3.8, 4) is 0 Å². The van der Waals surface area contributed by atoms with E-state index < -0.39 is 0 Å². The summed E-state index contributed by atoms with van der Waals surface area (Å²) in [6.07, 6.45) is 4.12. The SMILES string of the molecule is CC(C)N(CCCCl)c1ncnc2nc[nH]c12. The Kier molecular flexibility index (Phi) is 3.78. The number of nitrogens with one attached hydrogen (secondary N) is 1. The molecule has 6 heteroatoms. The smallest absolute Gasteiger partial charge is 0.182 e. The number of hydrogen-bond acceptors (Lipinski definition) is 4. The molecule has 17 heavy (non-hydrogen) atoms. The van der Waals surface area contributed by atoms with Gasteiger partial charge in [-0.25, -0.2) is 15.0 Å². The molecule has 0 saturated carbocycles. The van der Waals surface area contributed by atoms with Crippen LogP contribution < -0.4 is 4.90 Å². The Morgan fingerprint density at radius 1 is 1.35 bits per heavy atom. The molecule has 0 aromatic carbocycles. The van der Waals surface area contributed by atoms with Gasteiger partial charge in [-0.3, -0.25) is 0 Å². The van der Waals surface area contributed by atoms with Gasteiger partial charge in [0.05, 0.1) is 6.33 Å². The van der Waals surface area contributed by atoms with Crippen molar-refractivity contribution >= 4 is 28.6 Å². The summed E-state index contributed by atoms with van der Waals surface area (Å²) >= 11 is 5.76. The van der Waals surface area contributed by atoms with Gasteiger partial charge in [-0.15, -0.1) is 11.6 Å². The minimum Gasteiger partial charge on any atom is -0.352 e. The fourth-order valence-electron chi connectivity index (χ4n) is 1.81. The number of aromatic amines is 1. The summed E-state index contributed by atoms with van der Waals surface area (Å²) in [7, 11) is 0. The second-order valence-corrected chi connectivity index (χ2v) is 4.51. The highest BCUT2D eigenvalue weighted by Crippen LogP contribution is 2.21. The van der Waals surface area contributed by atoms with E-state index in [9.17, 15) is 0 Å². The maximum absolute atomic E-state index is 5.76. The van der Waals surface area contributed by atoms with E-state index in [-0.39, 0.29) is 0 Å². The Morgan fingerprint density at radius 3 is 2.88 bits per heavy atom. The Morgan fingerprint density at radius 2 is 2.18 bits per heavy atom. The third-order valence-corrected chi connectivity index (χ3v) is 2.90. The van der Waals surface area contributed by atoms with Crippen LogP contribution in [0.2, 0.25) is 0 Å². The molecule has 0 aliphatic heterocycles. The van der Waals surface area contributed by atoms with Crippen LogP contribution in [0.3, 0.4) is 0 Å². The largest absolute Gasteiger partial charge is 0.352 e. The van der Waals surface area contributed by atoms with E-state index in [1.807, 2.05) is 0 Å². The number of fused-ring (bicyclic) bond motifs is 1. The molecule has 0 amide bonds. The van der Waals surface area contributed by atoms with Crippen LogP contribution in [-0.4, -0.2) is 38.4 Å². The average Bonchev–Trinajstić information content (AvgIpc) is 2.77. The molecular weight excluding hydrogens is 238 g/mol. The van der Waals surface area contributed by atoms with Gasteiger partial charge in [0.1, 0.15) is 11.8 Å². The van der Waals surface area contributed by atoms with Gasteiger partial charge in [0, 0.05) is 18.5 Å². The highest BCUT2D eigenvalue weighted by molar-refractivity contribution is 6.17. The van der Waals surface area contributed by atoms with E-state index in [1.165, 1.54) is 0 Å². The van der Waals surface area contributed by atoms with Crippen molar-refractivity contribution in [3.63, 3.8) is 0 Å². The van der Waals surface area contributed by atoms with Crippen LogP contribution >= 0.6 is 11.6 Å². The van der Waals surface area contributed by atoms with E-state index in [1.54, 1.807) is 12.7 Å². The van der Waals surface area contributed by atoms with Gasteiger partial charge < -0.3 is 9.88 Å². The highest BCUT2D eigenvalue weighted by Gasteiger charge is 2.16. The van der Waals surface area contributed by atoms with Crippen molar-refractivity contribution in [2.75, 3.05) is 17.3 Å². The maximum atomic E-state index is 5.76. The maximum Gasteiger partial charge on any atom is 0.182 e. The Labute approximate surface area is 105 Å². The molecule has 2 aromatic heterocycles. The number of aromatic nitrogens is 4. The predicted molar refractivity (Wildman–Crippen MR) is 69.5 cm³/mol. The molecule has 0 aliphatic rings. The second-order valence-electron chi connectivity index (χ2n) is 4.13. The van der Waals surface area contributed by atoms with Crippen LogP contribution in [0.4, 0.5) is 5.82 Å². The molecule has 2 aromatic rings. The number of halogens is 1. The van der Waals surface area contributed by atoms with Gasteiger partial charge in [0.25, 0.3) is 0 Å². The molecule has 0 fully saturated rings. The van der Waals surface area contributed by atoms with Gasteiger partial charge in [-0.2, -0.15) is 0 Å². The predicted octanol–water partition coefficient (Wildman–Crippen LogP) is 2.20. The first-order chi connectivity index (χ1) is 8.24. The number of nitrogens with zero attached hydrogens (tertiary/aromatic N) is 4. The first-order valence-corrected chi connectivity index (χ1v) is 6.24. The summed E-state index contributed by atoms with van der Waals surface area (Å²) < 4.78 is 0. The van der Waals surface area contributed by atoms with Crippen molar-refractivity contribution in [3.05, 3.63) is 12.7 Å². The summed E-state index contributed by atoms with van der Waals surface area (Å²) in [5.41, 5.74) is 1.59. The lowest BCUT2D eigenvalue weighted by atomic mass is 10.3. The van der Waals surface area contributed by atoms with Crippen LogP contribution in [0.1, 0.15) is 20.3 Å². The summed E-state index contributed by atoms with van der Waals surface area (Å²) in [5.74, 6) is 1.55. The van der Waals surface area contributed by atoms with E-state index in [2.05, 4.69) is 38.7 Å². The molecule has 0 aliphatic carbocycles. The number of hydrogen-bond donors (Lipinski definition) is 1. The van der Waals surface area contributed by atoms with E-state index in [0.717, 1.165) is 24.3 Å². The zero-order valence-corrected chi connectivity index (χ0v) is 10.8. The molecule has 0 saturated heterocycles. The van der Waals surface area contributed by atoms with Crippen LogP contribution in [0.15, 0.2) is 12.7 Å². The molecule has 0 unspecified atom stereocenters. The fourth-order valence-corrected chi connectivity index (χ4v) is 1.93. The molecule has 0 spiro atoms. The number of anilines is 1. The van der Waals surface area contributed by atoms with Crippen molar-refractivity contribution in [2.45, 2.75) is 26.3 Å². The first-order valence-electron chi connectivity index (χ1n) is 5.70. The summed E-state index contributed by atoms with van der Waals surface area (Å²) in [6, 6.07) is 0.361. The van der Waals surface area contributed by atoms with Crippen molar-refractivity contribution < 1.29 is 0 Å². The third kappa shape index (κ3) is 2.49.